The van der Waals surface area contributed by atoms with Crippen LogP contribution in [0.15, 0.2) is 0 Å². The van der Waals surface area contributed by atoms with Crippen molar-refractivity contribution in [1.82, 2.24) is 5.32 Å². The Bertz CT molecular complexity index is 87.8. The van der Waals surface area contributed by atoms with Gasteiger partial charge in [-0.05, 0) is 0 Å². The van der Waals surface area contributed by atoms with Crippen LogP contribution in [-0.4, -0.2) is 34.6 Å². The maximum atomic E-state index is 8.39. The molecule has 0 atom stereocenters. The van der Waals surface area contributed by atoms with Crippen molar-refractivity contribution in [2.45, 2.75) is 6.10 Å². The van der Waals surface area contributed by atoms with Crippen LogP contribution in [0.25, 0.3) is 0 Å². The van der Waals surface area contributed by atoms with E-state index in [1.807, 2.05) is 0 Å². The Kier molecular flexibility index (Phi) is 3.65. The van der Waals surface area contributed by atoms with Crippen LogP contribution in [0.2, 0.25) is 0 Å². The Morgan fingerprint density at radius 2 is 1.89 bits per heavy atom. The van der Waals surface area contributed by atoms with Gasteiger partial charge in [-0.25, -0.2) is 0 Å². The summed E-state index contributed by atoms with van der Waals surface area (Å²) in [7, 11) is 0. The molecule has 0 aromatic heterocycles. The van der Waals surface area contributed by atoms with Crippen molar-refractivity contribution in [2.24, 2.45) is 0 Å². The molecule has 0 radical (unpaired) electrons. The summed E-state index contributed by atoms with van der Waals surface area (Å²) in [6.07, 6.45) is -0.0463. The quantitative estimate of drug-likeness (QED) is 0.281. The highest BCUT2D eigenvalue weighted by Crippen LogP contribution is 1.85. The zero-order valence-electron chi connectivity index (χ0n) is 4.65. The van der Waals surface area contributed by atoms with E-state index < -0.39 is 5.09 Å². The van der Waals surface area contributed by atoms with Crippen LogP contribution in [0.5, 0.6) is 0 Å². The number of rotatable bonds is 0. The summed E-state index contributed by atoms with van der Waals surface area (Å²) in [4.78, 5) is 8.36. The van der Waals surface area contributed by atoms with Crippen LogP contribution in [0.4, 0.5) is 0 Å². The second kappa shape index (κ2) is 4.04. The predicted octanol–water partition coefficient (Wildman–Crippen LogP) is -1.40. The molecule has 0 saturated carbocycles. The van der Waals surface area contributed by atoms with Gasteiger partial charge in [0, 0.05) is 13.1 Å². The number of nitrogens with zero attached hydrogens (tertiary/aromatic N) is 1. The number of nitrogens with one attached hydrogen (secondary N) is 1. The van der Waals surface area contributed by atoms with E-state index in [0.29, 0.717) is 0 Å². The van der Waals surface area contributed by atoms with Gasteiger partial charge < -0.3 is 15.6 Å². The maximum absolute atomic E-state index is 8.39. The zero-order chi connectivity index (χ0) is 7.28. The summed E-state index contributed by atoms with van der Waals surface area (Å²) < 4.78 is 0. The minimum Gasteiger partial charge on any atom is -0.390 e. The van der Waals surface area contributed by atoms with Gasteiger partial charge in [-0.3, -0.25) is 0 Å². The summed E-state index contributed by atoms with van der Waals surface area (Å²) >= 11 is 0. The molecule has 3 N–H and O–H groups in total. The number of aliphatic hydroxyl groups excluding tert-OH is 1. The standard InChI is InChI=1S/C3H7NO.HNO3/c5-3-1-4-2-3;2-1(3)4/h3-5H,1-2H2;(H,2,3,4). The van der Waals surface area contributed by atoms with Crippen molar-refractivity contribution in [3.63, 3.8) is 0 Å². The molecule has 1 saturated heterocycles. The largest absolute Gasteiger partial charge is 0.390 e. The fraction of sp³-hybridized carbons (Fsp3) is 1.00. The smallest absolute Gasteiger partial charge is 0.291 e. The van der Waals surface area contributed by atoms with Crippen molar-refractivity contribution in [1.29, 1.82) is 0 Å². The highest BCUT2D eigenvalue weighted by molar-refractivity contribution is 4.71. The van der Waals surface area contributed by atoms with E-state index in [1.54, 1.807) is 0 Å². The van der Waals surface area contributed by atoms with Gasteiger partial charge in [0.1, 0.15) is 0 Å². The molecule has 1 rings (SSSR count). The minimum atomic E-state index is -1.50. The van der Waals surface area contributed by atoms with E-state index in [-0.39, 0.29) is 6.10 Å². The molecule has 1 fully saturated rings. The Balaban J connectivity index is 0.000000148. The van der Waals surface area contributed by atoms with E-state index in [9.17, 15) is 0 Å². The lowest BCUT2D eigenvalue weighted by Crippen LogP contribution is -2.46. The van der Waals surface area contributed by atoms with Crippen molar-refractivity contribution in [3.8, 4) is 0 Å². The summed E-state index contributed by atoms with van der Waals surface area (Å²) in [5.74, 6) is 0. The van der Waals surface area contributed by atoms with Gasteiger partial charge in [0.05, 0.1) is 6.10 Å². The van der Waals surface area contributed by atoms with Crippen molar-refractivity contribution >= 4 is 0 Å². The van der Waals surface area contributed by atoms with Gasteiger partial charge >= 0.3 is 0 Å². The van der Waals surface area contributed by atoms with Crippen LogP contribution < -0.4 is 5.32 Å². The minimum absolute atomic E-state index is 0.0463. The number of hydrogen-bond acceptors (Lipinski definition) is 4. The Labute approximate surface area is 51.2 Å². The normalized spacial score (nSPS) is 17.0. The van der Waals surface area contributed by atoms with Crippen LogP contribution in [0.1, 0.15) is 0 Å². The van der Waals surface area contributed by atoms with Gasteiger partial charge in [-0.1, -0.05) is 0 Å². The molecule has 9 heavy (non-hydrogen) atoms. The first-order valence-corrected chi connectivity index (χ1v) is 2.35. The van der Waals surface area contributed by atoms with E-state index in [4.69, 9.17) is 20.4 Å². The van der Waals surface area contributed by atoms with Crippen molar-refractivity contribution in [2.75, 3.05) is 13.1 Å². The second-order valence-corrected chi connectivity index (χ2v) is 1.55. The van der Waals surface area contributed by atoms with Crippen LogP contribution >= 0.6 is 0 Å². The molecule has 0 spiro atoms. The Hall–Kier alpha value is -0.880. The summed E-state index contributed by atoms with van der Waals surface area (Å²) in [5.41, 5.74) is 0. The first-order valence-electron chi connectivity index (χ1n) is 2.35. The van der Waals surface area contributed by atoms with Crippen LogP contribution in [0, 0.1) is 10.1 Å². The van der Waals surface area contributed by atoms with Gasteiger partial charge in [-0.2, -0.15) is 0 Å². The highest BCUT2D eigenvalue weighted by atomic mass is 16.9. The van der Waals surface area contributed by atoms with E-state index in [1.165, 1.54) is 0 Å². The molecule has 1 aliphatic rings. The molecule has 0 unspecified atom stereocenters. The lowest BCUT2D eigenvalue weighted by molar-refractivity contribution is -0.742. The van der Waals surface area contributed by atoms with Gasteiger partial charge in [0.15, 0.2) is 0 Å². The van der Waals surface area contributed by atoms with E-state index >= 15 is 0 Å². The molecular formula is C3H8N2O4. The maximum Gasteiger partial charge on any atom is 0.291 e. The summed E-state index contributed by atoms with van der Waals surface area (Å²) in [5, 5.41) is 24.9. The lowest BCUT2D eigenvalue weighted by atomic mass is 10.2. The van der Waals surface area contributed by atoms with Gasteiger partial charge in [0.2, 0.25) is 0 Å². The highest BCUT2D eigenvalue weighted by Gasteiger charge is 2.10. The molecule has 54 valence electrons. The molecule has 0 amide bonds. The monoisotopic (exact) mass is 136 g/mol. The van der Waals surface area contributed by atoms with E-state index in [2.05, 4.69) is 5.32 Å². The van der Waals surface area contributed by atoms with Gasteiger partial charge in [-0.15, -0.1) is 10.1 Å². The van der Waals surface area contributed by atoms with Crippen molar-refractivity contribution in [3.05, 3.63) is 10.1 Å². The molecule has 1 heterocycles. The summed E-state index contributed by atoms with van der Waals surface area (Å²) in [6.45, 7) is 1.58. The van der Waals surface area contributed by atoms with E-state index in [0.717, 1.165) is 13.1 Å². The lowest BCUT2D eigenvalue weighted by Gasteiger charge is -2.20. The SMILES string of the molecule is O=[N+]([O-])O.OC1CNC1. The zero-order valence-corrected chi connectivity index (χ0v) is 4.65. The summed E-state index contributed by atoms with van der Waals surface area (Å²) in [6, 6.07) is 0. The molecule has 0 aliphatic carbocycles. The fourth-order valence-corrected chi connectivity index (χ4v) is 0.273. The van der Waals surface area contributed by atoms with Crippen molar-refractivity contribution < 1.29 is 15.4 Å². The molecule has 0 aromatic rings. The Morgan fingerprint density at radius 1 is 1.67 bits per heavy atom. The third-order valence-electron chi connectivity index (χ3n) is 0.760. The number of hydrogen-bond donors (Lipinski definition) is 3. The predicted molar refractivity (Wildman–Crippen MR) is 27.7 cm³/mol. The third-order valence-corrected chi connectivity index (χ3v) is 0.760. The van der Waals surface area contributed by atoms with Crippen LogP contribution in [0.3, 0.4) is 0 Å². The average Bonchev–Trinajstić information content (AvgIpc) is 1.59. The number of aliphatic hydroxyl groups is 1. The average molecular weight is 136 g/mol. The first kappa shape index (κ1) is 8.12. The second-order valence-electron chi connectivity index (χ2n) is 1.55. The third kappa shape index (κ3) is 7.12. The fourth-order valence-electron chi connectivity index (χ4n) is 0.273. The molecule has 1 aliphatic heterocycles. The van der Waals surface area contributed by atoms with Crippen LogP contribution in [-0.2, 0) is 0 Å². The molecule has 0 aromatic carbocycles. The molecular weight excluding hydrogens is 128 g/mol. The number of β-amino-alcohol motifs (C(OH)–C–C–N with tert-alkyl or cyclic N) is 1. The first-order chi connectivity index (χ1) is 4.13. The molecule has 6 heteroatoms. The topological polar surface area (TPSA) is 95.6 Å². The molecule has 0 bridgehead atoms. The molecule has 6 nitrogen and oxygen atoms in total. The van der Waals surface area contributed by atoms with Gasteiger partial charge in [0.25, 0.3) is 5.09 Å². The Morgan fingerprint density at radius 3 is 1.89 bits per heavy atom.